The Balaban J connectivity index is 1.76. The second-order valence-corrected chi connectivity index (χ2v) is 6.72. The average molecular weight is 387 g/mol. The number of pyridine rings is 1. The molecule has 2 aromatic heterocycles. The lowest BCUT2D eigenvalue weighted by molar-refractivity contribution is 0.0947. The molecule has 1 aliphatic rings. The number of nitrogens with zero attached hydrogens (tertiary/aromatic N) is 5. The van der Waals surface area contributed by atoms with Crippen LogP contribution in [0.5, 0.6) is 0 Å². The van der Waals surface area contributed by atoms with Gasteiger partial charge in [-0.05, 0) is 32.4 Å². The summed E-state index contributed by atoms with van der Waals surface area (Å²) in [5.41, 5.74) is 2.99. The number of aromatic nitrogens is 3. The van der Waals surface area contributed by atoms with Crippen molar-refractivity contribution >= 4 is 5.91 Å². The van der Waals surface area contributed by atoms with E-state index in [-0.39, 0.29) is 11.6 Å². The molecule has 0 bridgehead atoms. The van der Waals surface area contributed by atoms with Crippen LogP contribution in [0.1, 0.15) is 42.4 Å². The van der Waals surface area contributed by atoms with Gasteiger partial charge in [0, 0.05) is 36.9 Å². The van der Waals surface area contributed by atoms with Crippen LogP contribution in [0.3, 0.4) is 0 Å². The van der Waals surface area contributed by atoms with Gasteiger partial charge in [0.1, 0.15) is 5.69 Å². The maximum Gasteiger partial charge on any atom is 0.269 e. The highest BCUT2D eigenvalue weighted by Crippen LogP contribution is 2.36. The van der Waals surface area contributed by atoms with Crippen molar-refractivity contribution in [1.82, 2.24) is 25.2 Å². The van der Waals surface area contributed by atoms with E-state index in [2.05, 4.69) is 32.7 Å². The molecule has 3 heterocycles. The zero-order valence-electron chi connectivity index (χ0n) is 16.3. The average Bonchev–Trinajstić information content (AvgIpc) is 3.24. The molecule has 29 heavy (non-hydrogen) atoms. The lowest BCUT2D eigenvalue weighted by atomic mass is 9.84. The maximum atomic E-state index is 12.5. The third kappa shape index (κ3) is 4.33. The maximum absolute atomic E-state index is 12.5. The number of dihydropyridines is 1. The summed E-state index contributed by atoms with van der Waals surface area (Å²) in [5.74, 6) is -0.870. The van der Waals surface area contributed by atoms with E-state index in [1.165, 1.54) is 0 Å². The van der Waals surface area contributed by atoms with Gasteiger partial charge in [-0.3, -0.25) is 4.79 Å². The summed E-state index contributed by atoms with van der Waals surface area (Å²) in [6.07, 6.45) is 6.08. The molecule has 0 unspecified atom stereocenters. The lowest BCUT2D eigenvalue weighted by Gasteiger charge is -2.25. The topological polar surface area (TPSA) is 119 Å². The first kappa shape index (κ1) is 19.8. The first-order valence-corrected chi connectivity index (χ1v) is 9.24. The lowest BCUT2D eigenvalue weighted by Crippen LogP contribution is -2.27. The molecule has 0 saturated heterocycles. The van der Waals surface area contributed by atoms with Crippen LogP contribution in [0.15, 0.2) is 59.5 Å². The zero-order chi connectivity index (χ0) is 20.8. The highest BCUT2D eigenvalue weighted by atomic mass is 16.1. The minimum atomic E-state index is -0.583. The number of nitrogens with one attached hydrogen (secondary N) is 2. The van der Waals surface area contributed by atoms with Crippen molar-refractivity contribution in [2.45, 2.75) is 32.7 Å². The van der Waals surface area contributed by atoms with Crippen LogP contribution in [-0.4, -0.2) is 27.0 Å². The molecule has 1 aliphatic heterocycles. The van der Waals surface area contributed by atoms with E-state index in [1.54, 1.807) is 44.6 Å². The fourth-order valence-corrected chi connectivity index (χ4v) is 3.30. The van der Waals surface area contributed by atoms with Crippen LogP contribution in [0, 0.1) is 22.7 Å². The SMILES string of the molecule is CC1=C(C#N)C(c2cccc(C(=O)NCCCn3ccnc3)n2)C(C#N)=C(C)N1. The third-order valence-corrected chi connectivity index (χ3v) is 4.74. The van der Waals surface area contributed by atoms with Gasteiger partial charge in [0.05, 0.1) is 41.2 Å². The number of aryl methyl sites for hydroxylation is 1. The van der Waals surface area contributed by atoms with Crippen molar-refractivity contribution < 1.29 is 4.79 Å². The number of rotatable bonds is 6. The summed E-state index contributed by atoms with van der Waals surface area (Å²) in [6.45, 7) is 4.84. The Bertz CT molecular complexity index is 1020. The Kier molecular flexibility index (Phi) is 6.06. The first-order chi connectivity index (χ1) is 14.0. The number of imidazole rings is 1. The fourth-order valence-electron chi connectivity index (χ4n) is 3.30. The molecule has 0 saturated carbocycles. The third-order valence-electron chi connectivity index (χ3n) is 4.74. The van der Waals surface area contributed by atoms with Crippen molar-refractivity contribution in [2.24, 2.45) is 0 Å². The van der Waals surface area contributed by atoms with Crippen LogP contribution in [-0.2, 0) is 6.54 Å². The van der Waals surface area contributed by atoms with Gasteiger partial charge >= 0.3 is 0 Å². The molecule has 3 rings (SSSR count). The Morgan fingerprint density at radius 1 is 1.24 bits per heavy atom. The summed E-state index contributed by atoms with van der Waals surface area (Å²) < 4.78 is 1.94. The van der Waals surface area contributed by atoms with Crippen LogP contribution in [0.25, 0.3) is 0 Å². The predicted octanol–water partition coefficient (Wildman–Crippen LogP) is 2.38. The monoisotopic (exact) mass is 387 g/mol. The molecule has 2 N–H and O–H groups in total. The molecular weight excluding hydrogens is 366 g/mol. The molecule has 8 heteroatoms. The second kappa shape index (κ2) is 8.85. The Labute approximate surface area is 169 Å². The van der Waals surface area contributed by atoms with Crippen molar-refractivity contribution in [2.75, 3.05) is 6.54 Å². The van der Waals surface area contributed by atoms with E-state index in [4.69, 9.17) is 0 Å². The summed E-state index contributed by atoms with van der Waals surface area (Å²) in [6, 6.07) is 9.43. The number of amides is 1. The van der Waals surface area contributed by atoms with E-state index >= 15 is 0 Å². The van der Waals surface area contributed by atoms with E-state index < -0.39 is 5.92 Å². The van der Waals surface area contributed by atoms with Gasteiger partial charge in [-0.1, -0.05) is 6.07 Å². The van der Waals surface area contributed by atoms with Gasteiger partial charge in [0.25, 0.3) is 5.91 Å². The number of hydrogen-bond acceptors (Lipinski definition) is 6. The van der Waals surface area contributed by atoms with Gasteiger partial charge < -0.3 is 15.2 Å². The van der Waals surface area contributed by atoms with Gasteiger partial charge in [-0.2, -0.15) is 10.5 Å². The largest absolute Gasteiger partial charge is 0.361 e. The molecule has 0 aromatic carbocycles. The molecule has 0 atom stereocenters. The van der Waals surface area contributed by atoms with Gasteiger partial charge in [-0.25, -0.2) is 9.97 Å². The normalized spacial score (nSPS) is 14.2. The minimum absolute atomic E-state index is 0.258. The Hall–Kier alpha value is -3.91. The highest BCUT2D eigenvalue weighted by Gasteiger charge is 2.30. The summed E-state index contributed by atoms with van der Waals surface area (Å²) in [4.78, 5) is 21.0. The number of carbonyl (C=O) groups excluding carboxylic acids is 1. The fraction of sp³-hybridized carbons (Fsp3) is 0.286. The molecule has 146 valence electrons. The van der Waals surface area contributed by atoms with Crippen molar-refractivity contribution in [3.05, 3.63) is 70.8 Å². The molecular formula is C21H21N7O. The van der Waals surface area contributed by atoms with E-state index in [1.807, 2.05) is 10.8 Å². The Morgan fingerprint density at radius 3 is 2.59 bits per heavy atom. The molecule has 0 fully saturated rings. The molecule has 0 spiro atoms. The minimum Gasteiger partial charge on any atom is -0.361 e. The van der Waals surface area contributed by atoms with E-state index in [9.17, 15) is 15.3 Å². The summed E-state index contributed by atoms with van der Waals surface area (Å²) in [5, 5.41) is 25.1. The zero-order valence-corrected chi connectivity index (χ0v) is 16.3. The summed E-state index contributed by atoms with van der Waals surface area (Å²) in [7, 11) is 0. The first-order valence-electron chi connectivity index (χ1n) is 9.24. The quantitative estimate of drug-likeness (QED) is 0.735. The van der Waals surface area contributed by atoms with Crippen molar-refractivity contribution in [3.63, 3.8) is 0 Å². The van der Waals surface area contributed by atoms with Gasteiger partial charge in [-0.15, -0.1) is 0 Å². The number of carbonyl (C=O) groups is 1. The van der Waals surface area contributed by atoms with Crippen LogP contribution in [0.4, 0.5) is 0 Å². The smallest absolute Gasteiger partial charge is 0.269 e. The predicted molar refractivity (Wildman–Crippen MR) is 106 cm³/mol. The summed E-state index contributed by atoms with van der Waals surface area (Å²) >= 11 is 0. The molecule has 1 amide bonds. The highest BCUT2D eigenvalue weighted by molar-refractivity contribution is 5.92. The second-order valence-electron chi connectivity index (χ2n) is 6.72. The van der Waals surface area contributed by atoms with Gasteiger partial charge in [0.15, 0.2) is 0 Å². The molecule has 0 aliphatic carbocycles. The number of nitriles is 2. The Morgan fingerprint density at radius 2 is 1.97 bits per heavy atom. The molecule has 8 nitrogen and oxygen atoms in total. The van der Waals surface area contributed by atoms with Gasteiger partial charge in [0.2, 0.25) is 0 Å². The standard InChI is InChI=1S/C21H21N7O/c1-14-16(11-22)20(17(12-23)15(2)26-14)18-5-3-6-19(27-18)21(29)25-7-4-9-28-10-8-24-13-28/h3,5-6,8,10,13,20,26H,4,7,9H2,1-2H3,(H,25,29). The van der Waals surface area contributed by atoms with Crippen molar-refractivity contribution in [1.29, 1.82) is 10.5 Å². The van der Waals surface area contributed by atoms with Crippen LogP contribution >= 0.6 is 0 Å². The van der Waals surface area contributed by atoms with Crippen LogP contribution < -0.4 is 10.6 Å². The molecule has 2 aromatic rings. The molecule has 0 radical (unpaired) electrons. The number of allylic oxidation sites excluding steroid dienone is 4. The van der Waals surface area contributed by atoms with Crippen LogP contribution in [0.2, 0.25) is 0 Å². The van der Waals surface area contributed by atoms with E-state index in [0.29, 0.717) is 34.8 Å². The van der Waals surface area contributed by atoms with Crippen molar-refractivity contribution in [3.8, 4) is 12.1 Å². The van der Waals surface area contributed by atoms with E-state index in [0.717, 1.165) is 13.0 Å². The number of hydrogen-bond donors (Lipinski definition) is 2.